The van der Waals surface area contributed by atoms with Gasteiger partial charge in [-0.25, -0.2) is 0 Å². The summed E-state index contributed by atoms with van der Waals surface area (Å²) in [4.78, 5) is 14.1. The van der Waals surface area contributed by atoms with E-state index in [9.17, 15) is 9.90 Å². The number of nitrogens with zero attached hydrogens (tertiary/aromatic N) is 1. The van der Waals surface area contributed by atoms with E-state index in [1.165, 1.54) is 0 Å². The van der Waals surface area contributed by atoms with Crippen molar-refractivity contribution in [2.45, 2.75) is 37.8 Å². The Balaban J connectivity index is 1.90. The Bertz CT molecular complexity index is 279. The normalized spacial score (nSPS) is 32.8. The summed E-state index contributed by atoms with van der Waals surface area (Å²) >= 11 is 0. The van der Waals surface area contributed by atoms with Crippen LogP contribution in [0.1, 0.15) is 26.2 Å². The van der Waals surface area contributed by atoms with Crippen LogP contribution in [0.5, 0.6) is 0 Å². The smallest absolute Gasteiger partial charge is 0.245 e. The molecule has 5 heteroatoms. The quantitative estimate of drug-likeness (QED) is 0.698. The lowest BCUT2D eigenvalue weighted by molar-refractivity contribution is -0.139. The molecule has 0 bridgehead atoms. The van der Waals surface area contributed by atoms with Crippen LogP contribution in [0.25, 0.3) is 0 Å². The van der Waals surface area contributed by atoms with Crippen LogP contribution in [0, 0.1) is 5.92 Å². The van der Waals surface area contributed by atoms with Gasteiger partial charge in [0.15, 0.2) is 0 Å². The number of rotatable bonds is 2. The minimum absolute atomic E-state index is 0.0130. The van der Waals surface area contributed by atoms with Gasteiger partial charge in [0, 0.05) is 19.7 Å². The number of amides is 1. The molecule has 5 nitrogen and oxygen atoms in total. The summed E-state index contributed by atoms with van der Waals surface area (Å²) in [6.07, 6.45) is 2.05. The zero-order valence-electron chi connectivity index (χ0n) is 10.4. The molecule has 17 heavy (non-hydrogen) atoms. The molecule has 0 aromatic rings. The van der Waals surface area contributed by atoms with E-state index in [4.69, 9.17) is 10.5 Å². The van der Waals surface area contributed by atoms with Crippen molar-refractivity contribution >= 4 is 5.91 Å². The molecule has 0 aromatic carbocycles. The summed E-state index contributed by atoms with van der Waals surface area (Å²) in [6.45, 7) is 4.13. The highest BCUT2D eigenvalue weighted by Crippen LogP contribution is 2.24. The van der Waals surface area contributed by atoms with E-state index in [0.717, 1.165) is 12.8 Å². The molecule has 98 valence electrons. The average molecular weight is 242 g/mol. The van der Waals surface area contributed by atoms with E-state index in [-0.39, 0.29) is 12.0 Å². The Hall–Kier alpha value is -0.650. The highest BCUT2D eigenvalue weighted by atomic mass is 16.5. The number of hydrogen-bond acceptors (Lipinski definition) is 4. The van der Waals surface area contributed by atoms with Crippen molar-refractivity contribution in [2.24, 2.45) is 11.7 Å². The maximum atomic E-state index is 12.3. The fourth-order valence-corrected chi connectivity index (χ4v) is 2.65. The van der Waals surface area contributed by atoms with Gasteiger partial charge in [-0.2, -0.15) is 0 Å². The lowest BCUT2D eigenvalue weighted by Gasteiger charge is -2.37. The molecule has 2 unspecified atom stereocenters. The van der Waals surface area contributed by atoms with Crippen LogP contribution in [0.15, 0.2) is 0 Å². The largest absolute Gasteiger partial charge is 0.393 e. The molecule has 0 aromatic heterocycles. The van der Waals surface area contributed by atoms with Crippen LogP contribution < -0.4 is 5.73 Å². The predicted molar refractivity (Wildman–Crippen MR) is 63.3 cm³/mol. The van der Waals surface area contributed by atoms with E-state index in [2.05, 4.69) is 0 Å². The second-order valence-corrected chi connectivity index (χ2v) is 5.33. The van der Waals surface area contributed by atoms with Crippen molar-refractivity contribution in [1.29, 1.82) is 0 Å². The Kier molecular flexibility index (Phi) is 3.70. The number of carbonyl (C=O) groups excluding carboxylic acids is 1. The van der Waals surface area contributed by atoms with E-state index >= 15 is 0 Å². The van der Waals surface area contributed by atoms with Crippen LogP contribution >= 0.6 is 0 Å². The first-order chi connectivity index (χ1) is 8.03. The molecule has 0 saturated carbocycles. The van der Waals surface area contributed by atoms with Gasteiger partial charge in [-0.05, 0) is 32.1 Å². The SMILES string of the molecule is CC(O)C1CCN(C(=O)C2(N)CCOC2)CC1. The van der Waals surface area contributed by atoms with Gasteiger partial charge in [0.2, 0.25) is 5.91 Å². The monoisotopic (exact) mass is 242 g/mol. The first-order valence-corrected chi connectivity index (χ1v) is 6.37. The fourth-order valence-electron chi connectivity index (χ4n) is 2.65. The Morgan fingerprint density at radius 1 is 1.53 bits per heavy atom. The number of hydrogen-bond donors (Lipinski definition) is 2. The van der Waals surface area contributed by atoms with Crippen molar-refractivity contribution in [1.82, 2.24) is 4.90 Å². The summed E-state index contributed by atoms with van der Waals surface area (Å²) in [7, 11) is 0. The maximum Gasteiger partial charge on any atom is 0.245 e. The van der Waals surface area contributed by atoms with Gasteiger partial charge in [0.05, 0.1) is 12.7 Å². The Labute approximate surface area is 102 Å². The first-order valence-electron chi connectivity index (χ1n) is 6.37. The van der Waals surface area contributed by atoms with E-state index in [1.807, 2.05) is 11.8 Å². The minimum Gasteiger partial charge on any atom is -0.393 e. The maximum absolute atomic E-state index is 12.3. The zero-order valence-corrected chi connectivity index (χ0v) is 10.4. The molecule has 2 fully saturated rings. The Morgan fingerprint density at radius 3 is 2.65 bits per heavy atom. The average Bonchev–Trinajstić information content (AvgIpc) is 2.76. The molecule has 0 radical (unpaired) electrons. The van der Waals surface area contributed by atoms with Gasteiger partial charge in [0.1, 0.15) is 5.54 Å². The topological polar surface area (TPSA) is 75.8 Å². The van der Waals surface area contributed by atoms with Crippen molar-refractivity contribution in [2.75, 3.05) is 26.3 Å². The number of aliphatic hydroxyl groups is 1. The number of likely N-dealkylation sites (tertiary alicyclic amines) is 1. The number of nitrogens with two attached hydrogens (primary N) is 1. The number of piperidine rings is 1. The summed E-state index contributed by atoms with van der Waals surface area (Å²) in [6, 6.07) is 0. The molecule has 2 saturated heterocycles. The van der Waals surface area contributed by atoms with E-state index < -0.39 is 5.54 Å². The van der Waals surface area contributed by atoms with Crippen molar-refractivity contribution in [3.63, 3.8) is 0 Å². The summed E-state index contributed by atoms with van der Waals surface area (Å²) < 4.78 is 5.22. The van der Waals surface area contributed by atoms with Gasteiger partial charge in [-0.1, -0.05) is 0 Å². The standard InChI is InChI=1S/C12H22N2O3/c1-9(15)10-2-5-14(6-3-10)11(16)12(13)4-7-17-8-12/h9-10,15H,2-8,13H2,1H3. The lowest BCUT2D eigenvalue weighted by atomic mass is 9.90. The van der Waals surface area contributed by atoms with Gasteiger partial charge >= 0.3 is 0 Å². The van der Waals surface area contributed by atoms with Crippen molar-refractivity contribution in [3.8, 4) is 0 Å². The number of carbonyl (C=O) groups is 1. The molecule has 2 rings (SSSR count). The second kappa shape index (κ2) is 4.92. The minimum atomic E-state index is -0.808. The molecule has 2 heterocycles. The number of ether oxygens (including phenoxy) is 1. The molecule has 2 atom stereocenters. The highest BCUT2D eigenvalue weighted by Gasteiger charge is 2.42. The van der Waals surface area contributed by atoms with Crippen LogP contribution in [0.2, 0.25) is 0 Å². The summed E-state index contributed by atoms with van der Waals surface area (Å²) in [5.74, 6) is 0.326. The van der Waals surface area contributed by atoms with Gasteiger partial charge in [-0.15, -0.1) is 0 Å². The van der Waals surface area contributed by atoms with Crippen LogP contribution in [-0.4, -0.2) is 53.9 Å². The predicted octanol–water partition coefficient (Wildman–Crippen LogP) is -0.276. The van der Waals surface area contributed by atoms with Crippen LogP contribution in [-0.2, 0) is 9.53 Å². The van der Waals surface area contributed by atoms with Crippen molar-refractivity contribution in [3.05, 3.63) is 0 Å². The zero-order chi connectivity index (χ0) is 12.5. The van der Waals surface area contributed by atoms with Crippen LogP contribution in [0.4, 0.5) is 0 Å². The third kappa shape index (κ3) is 2.61. The highest BCUT2D eigenvalue weighted by molar-refractivity contribution is 5.86. The summed E-state index contributed by atoms with van der Waals surface area (Å²) in [5.41, 5.74) is 5.25. The number of aliphatic hydroxyl groups excluding tert-OH is 1. The molecule has 2 aliphatic heterocycles. The molecular formula is C12H22N2O3. The molecule has 0 spiro atoms. The third-order valence-electron chi connectivity index (χ3n) is 3.99. The molecule has 1 amide bonds. The molecule has 3 N–H and O–H groups in total. The molecular weight excluding hydrogens is 220 g/mol. The molecule has 2 aliphatic rings. The van der Waals surface area contributed by atoms with Crippen LogP contribution in [0.3, 0.4) is 0 Å². The van der Waals surface area contributed by atoms with E-state index in [0.29, 0.717) is 38.6 Å². The second-order valence-electron chi connectivity index (χ2n) is 5.33. The van der Waals surface area contributed by atoms with Crippen molar-refractivity contribution < 1.29 is 14.6 Å². The first kappa shape index (κ1) is 12.8. The van der Waals surface area contributed by atoms with Gasteiger partial charge in [-0.3, -0.25) is 4.79 Å². The van der Waals surface area contributed by atoms with Gasteiger partial charge < -0.3 is 20.5 Å². The summed E-state index contributed by atoms with van der Waals surface area (Å²) in [5, 5.41) is 9.52. The van der Waals surface area contributed by atoms with E-state index in [1.54, 1.807) is 0 Å². The fraction of sp³-hybridized carbons (Fsp3) is 0.917. The molecule has 0 aliphatic carbocycles. The Morgan fingerprint density at radius 2 is 2.18 bits per heavy atom. The van der Waals surface area contributed by atoms with Gasteiger partial charge in [0.25, 0.3) is 0 Å². The third-order valence-corrected chi connectivity index (χ3v) is 3.99. The lowest BCUT2D eigenvalue weighted by Crippen LogP contribution is -2.57.